The van der Waals surface area contributed by atoms with Crippen LogP contribution in [0.15, 0.2) is 12.7 Å². The van der Waals surface area contributed by atoms with E-state index in [0.29, 0.717) is 26.1 Å². The fourth-order valence-electron chi connectivity index (χ4n) is 1.53. The van der Waals surface area contributed by atoms with E-state index in [1.54, 1.807) is 6.08 Å². The molecule has 0 spiro atoms. The lowest BCUT2D eigenvalue weighted by Crippen LogP contribution is -2.43. The molecule has 1 amide bonds. The number of hydrogen-bond donors (Lipinski definition) is 1. The second-order valence-electron chi connectivity index (χ2n) is 3.57. The average molecular weight is 213 g/mol. The topological polar surface area (TPSA) is 66.8 Å². The van der Waals surface area contributed by atoms with Gasteiger partial charge in [0, 0.05) is 25.4 Å². The zero-order valence-electron chi connectivity index (χ0n) is 8.52. The zero-order valence-corrected chi connectivity index (χ0v) is 8.52. The van der Waals surface area contributed by atoms with Crippen LogP contribution in [0.4, 0.5) is 4.79 Å². The Balaban J connectivity index is 2.39. The molecular formula is C10H15NO4. The SMILES string of the molecule is C=CCN1CC(CCC(=O)O)COC1=O. The first-order valence-electron chi connectivity index (χ1n) is 4.88. The van der Waals surface area contributed by atoms with Gasteiger partial charge >= 0.3 is 12.1 Å². The van der Waals surface area contributed by atoms with E-state index in [0.717, 1.165) is 0 Å². The van der Waals surface area contributed by atoms with Crippen molar-refractivity contribution in [2.24, 2.45) is 5.92 Å². The molecule has 0 radical (unpaired) electrons. The predicted molar refractivity (Wildman–Crippen MR) is 53.5 cm³/mol. The van der Waals surface area contributed by atoms with Gasteiger partial charge < -0.3 is 14.7 Å². The number of carbonyl (C=O) groups is 2. The summed E-state index contributed by atoms with van der Waals surface area (Å²) < 4.78 is 4.93. The summed E-state index contributed by atoms with van der Waals surface area (Å²) in [7, 11) is 0. The molecule has 15 heavy (non-hydrogen) atoms. The lowest BCUT2D eigenvalue weighted by Gasteiger charge is -2.31. The number of amides is 1. The van der Waals surface area contributed by atoms with Crippen molar-refractivity contribution in [1.29, 1.82) is 0 Å². The Labute approximate surface area is 88.3 Å². The van der Waals surface area contributed by atoms with Gasteiger partial charge in [-0.25, -0.2) is 4.79 Å². The average Bonchev–Trinajstić information content (AvgIpc) is 2.19. The molecule has 0 bridgehead atoms. The highest BCUT2D eigenvalue weighted by Crippen LogP contribution is 2.16. The molecule has 1 fully saturated rings. The third-order valence-electron chi connectivity index (χ3n) is 2.30. The molecule has 1 unspecified atom stereocenters. The van der Waals surface area contributed by atoms with E-state index in [1.165, 1.54) is 4.90 Å². The van der Waals surface area contributed by atoms with Gasteiger partial charge in [0.25, 0.3) is 0 Å². The van der Waals surface area contributed by atoms with Gasteiger partial charge in [0.2, 0.25) is 0 Å². The van der Waals surface area contributed by atoms with Gasteiger partial charge in [-0.05, 0) is 6.42 Å². The molecule has 1 N–H and O–H groups in total. The minimum Gasteiger partial charge on any atom is -0.481 e. The van der Waals surface area contributed by atoms with Gasteiger partial charge in [0.1, 0.15) is 0 Å². The van der Waals surface area contributed by atoms with Crippen molar-refractivity contribution in [3.63, 3.8) is 0 Å². The van der Waals surface area contributed by atoms with Gasteiger partial charge in [-0.1, -0.05) is 6.08 Å². The molecule has 5 nitrogen and oxygen atoms in total. The van der Waals surface area contributed by atoms with E-state index in [-0.39, 0.29) is 18.4 Å². The Kier molecular flexibility index (Phi) is 4.15. The van der Waals surface area contributed by atoms with Crippen molar-refractivity contribution < 1.29 is 19.4 Å². The van der Waals surface area contributed by atoms with E-state index < -0.39 is 5.97 Å². The third-order valence-corrected chi connectivity index (χ3v) is 2.30. The van der Waals surface area contributed by atoms with E-state index >= 15 is 0 Å². The Morgan fingerprint density at radius 2 is 2.47 bits per heavy atom. The molecule has 0 aromatic heterocycles. The van der Waals surface area contributed by atoms with Crippen molar-refractivity contribution >= 4 is 12.1 Å². The maximum Gasteiger partial charge on any atom is 0.410 e. The highest BCUT2D eigenvalue weighted by molar-refractivity contribution is 5.69. The number of aliphatic carboxylic acids is 1. The maximum atomic E-state index is 11.2. The summed E-state index contributed by atoms with van der Waals surface area (Å²) in [5.74, 6) is -0.707. The van der Waals surface area contributed by atoms with Crippen LogP contribution in [0.2, 0.25) is 0 Å². The molecule has 84 valence electrons. The molecular weight excluding hydrogens is 198 g/mol. The minimum atomic E-state index is -0.817. The van der Waals surface area contributed by atoms with Crippen LogP contribution < -0.4 is 0 Å². The van der Waals surface area contributed by atoms with Gasteiger partial charge in [0.15, 0.2) is 0 Å². The van der Waals surface area contributed by atoms with Crippen molar-refractivity contribution in [3.8, 4) is 0 Å². The maximum absolute atomic E-state index is 11.2. The molecule has 1 heterocycles. The van der Waals surface area contributed by atoms with Gasteiger partial charge in [-0.3, -0.25) is 4.79 Å². The summed E-state index contributed by atoms with van der Waals surface area (Å²) in [6.45, 7) is 4.86. The summed E-state index contributed by atoms with van der Waals surface area (Å²) in [5, 5.41) is 8.53. The fraction of sp³-hybridized carbons (Fsp3) is 0.600. The van der Waals surface area contributed by atoms with Crippen molar-refractivity contribution in [1.82, 2.24) is 4.90 Å². The van der Waals surface area contributed by atoms with E-state index in [2.05, 4.69) is 6.58 Å². The van der Waals surface area contributed by atoms with Crippen molar-refractivity contribution in [2.45, 2.75) is 12.8 Å². The van der Waals surface area contributed by atoms with Crippen LogP contribution >= 0.6 is 0 Å². The molecule has 0 saturated carbocycles. The minimum absolute atomic E-state index is 0.110. The molecule has 1 saturated heterocycles. The summed E-state index contributed by atoms with van der Waals surface area (Å²) in [6.07, 6.45) is 1.93. The van der Waals surface area contributed by atoms with Crippen LogP contribution in [-0.4, -0.2) is 41.8 Å². The second-order valence-corrected chi connectivity index (χ2v) is 3.57. The molecule has 1 atom stereocenters. The Bertz CT molecular complexity index is 264. The number of carboxylic acid groups (broad SMARTS) is 1. The van der Waals surface area contributed by atoms with Crippen LogP contribution in [0.5, 0.6) is 0 Å². The first kappa shape index (κ1) is 11.6. The number of carboxylic acids is 1. The van der Waals surface area contributed by atoms with Crippen molar-refractivity contribution in [3.05, 3.63) is 12.7 Å². The standard InChI is InChI=1S/C10H15NO4/c1-2-5-11-6-8(3-4-9(12)13)7-15-10(11)14/h2,8H,1,3-7H2,(H,12,13). The highest BCUT2D eigenvalue weighted by Gasteiger charge is 2.26. The number of nitrogens with zero attached hydrogens (tertiary/aromatic N) is 1. The molecule has 1 aliphatic heterocycles. The number of rotatable bonds is 5. The van der Waals surface area contributed by atoms with Crippen molar-refractivity contribution in [2.75, 3.05) is 19.7 Å². The van der Waals surface area contributed by atoms with E-state index in [4.69, 9.17) is 9.84 Å². The smallest absolute Gasteiger partial charge is 0.410 e. The molecule has 0 aromatic rings. The quantitative estimate of drug-likeness (QED) is 0.694. The lowest BCUT2D eigenvalue weighted by molar-refractivity contribution is -0.137. The zero-order chi connectivity index (χ0) is 11.3. The van der Waals surface area contributed by atoms with Gasteiger partial charge in [-0.15, -0.1) is 6.58 Å². The molecule has 5 heteroatoms. The Morgan fingerprint density at radius 1 is 1.73 bits per heavy atom. The molecule has 0 aliphatic carbocycles. The van der Waals surface area contributed by atoms with Crippen LogP contribution in [0.3, 0.4) is 0 Å². The number of carbonyl (C=O) groups excluding carboxylic acids is 1. The summed E-state index contributed by atoms with van der Waals surface area (Å²) in [4.78, 5) is 23.1. The first-order chi connectivity index (χ1) is 7.13. The fourth-order valence-corrected chi connectivity index (χ4v) is 1.53. The third kappa shape index (κ3) is 3.61. The lowest BCUT2D eigenvalue weighted by atomic mass is 10.0. The van der Waals surface area contributed by atoms with E-state index in [1.807, 2.05) is 0 Å². The normalized spacial score (nSPS) is 20.9. The number of ether oxygens (including phenoxy) is 1. The summed E-state index contributed by atoms with van der Waals surface area (Å²) in [5.41, 5.74) is 0. The highest BCUT2D eigenvalue weighted by atomic mass is 16.6. The van der Waals surface area contributed by atoms with Crippen LogP contribution in [0.1, 0.15) is 12.8 Å². The first-order valence-corrected chi connectivity index (χ1v) is 4.88. The van der Waals surface area contributed by atoms with Crippen LogP contribution in [0, 0.1) is 5.92 Å². The monoisotopic (exact) mass is 213 g/mol. The second kappa shape index (κ2) is 5.38. The van der Waals surface area contributed by atoms with Crippen LogP contribution in [-0.2, 0) is 9.53 Å². The summed E-state index contributed by atoms with van der Waals surface area (Å²) >= 11 is 0. The van der Waals surface area contributed by atoms with Gasteiger partial charge in [0.05, 0.1) is 6.61 Å². The van der Waals surface area contributed by atoms with Gasteiger partial charge in [-0.2, -0.15) is 0 Å². The largest absolute Gasteiger partial charge is 0.481 e. The Hall–Kier alpha value is -1.52. The number of hydrogen-bond acceptors (Lipinski definition) is 3. The van der Waals surface area contributed by atoms with E-state index in [9.17, 15) is 9.59 Å². The number of cyclic esters (lactones) is 1. The molecule has 0 aromatic carbocycles. The molecule has 1 aliphatic rings. The van der Waals surface area contributed by atoms with Crippen LogP contribution in [0.25, 0.3) is 0 Å². The summed E-state index contributed by atoms with van der Waals surface area (Å²) in [6, 6.07) is 0. The Morgan fingerprint density at radius 3 is 3.07 bits per heavy atom. The predicted octanol–water partition coefficient (Wildman–Crippen LogP) is 1.11. The molecule has 1 rings (SSSR count).